The molecule has 0 spiro atoms. The van der Waals surface area contributed by atoms with Gasteiger partial charge in [-0.1, -0.05) is 30.3 Å². The van der Waals surface area contributed by atoms with Gasteiger partial charge in [0.25, 0.3) is 0 Å². The van der Waals surface area contributed by atoms with E-state index >= 15 is 0 Å². The summed E-state index contributed by atoms with van der Waals surface area (Å²) in [6.45, 7) is 2.97. The third kappa shape index (κ3) is 3.57. The number of benzene rings is 1. The summed E-state index contributed by atoms with van der Waals surface area (Å²) in [7, 11) is 1.48. The Morgan fingerprint density at radius 1 is 1.39 bits per heavy atom. The molecule has 1 atom stereocenters. The molecule has 0 radical (unpaired) electrons. The van der Waals surface area contributed by atoms with E-state index < -0.39 is 0 Å². The van der Waals surface area contributed by atoms with Crippen LogP contribution in [0.15, 0.2) is 30.3 Å². The maximum atomic E-state index is 11.5. The maximum Gasteiger partial charge on any atom is 0.309 e. The molecule has 1 aliphatic rings. The zero-order chi connectivity index (χ0) is 12.8. The SMILES string of the molecule is COC(=O)[C@H]1CCCN(CCc2ccccc2)C1. The molecule has 1 fully saturated rings. The minimum absolute atomic E-state index is 0.0561. The van der Waals surface area contributed by atoms with Crippen LogP contribution in [0.25, 0.3) is 0 Å². The first-order valence-corrected chi connectivity index (χ1v) is 6.63. The second-order valence-electron chi connectivity index (χ2n) is 4.90. The number of carbonyl (C=O) groups excluding carboxylic acids is 1. The molecule has 1 aromatic rings. The molecular formula is C15H21NO2. The molecule has 0 aromatic heterocycles. The molecular weight excluding hydrogens is 226 g/mol. The molecule has 0 saturated carbocycles. The number of hydrogen-bond donors (Lipinski definition) is 0. The van der Waals surface area contributed by atoms with E-state index in [-0.39, 0.29) is 11.9 Å². The smallest absolute Gasteiger partial charge is 0.309 e. The number of ether oxygens (including phenoxy) is 1. The van der Waals surface area contributed by atoms with Crippen molar-refractivity contribution in [2.24, 2.45) is 5.92 Å². The molecule has 3 heteroatoms. The molecule has 0 bridgehead atoms. The Bertz CT molecular complexity index is 377. The van der Waals surface area contributed by atoms with Crippen LogP contribution in [-0.4, -0.2) is 37.6 Å². The Kier molecular flexibility index (Phi) is 4.76. The zero-order valence-corrected chi connectivity index (χ0v) is 11.0. The van der Waals surface area contributed by atoms with Crippen LogP contribution in [-0.2, 0) is 16.0 Å². The van der Waals surface area contributed by atoms with Gasteiger partial charge in [0.1, 0.15) is 0 Å². The molecule has 1 heterocycles. The number of esters is 1. The zero-order valence-electron chi connectivity index (χ0n) is 11.0. The second-order valence-corrected chi connectivity index (χ2v) is 4.90. The van der Waals surface area contributed by atoms with Crippen molar-refractivity contribution in [3.8, 4) is 0 Å². The summed E-state index contributed by atoms with van der Waals surface area (Å²) in [4.78, 5) is 13.9. The fraction of sp³-hybridized carbons (Fsp3) is 0.533. The van der Waals surface area contributed by atoms with Crippen LogP contribution in [0.1, 0.15) is 18.4 Å². The maximum absolute atomic E-state index is 11.5. The number of piperidine rings is 1. The third-order valence-electron chi connectivity index (χ3n) is 3.60. The van der Waals surface area contributed by atoms with Crippen molar-refractivity contribution >= 4 is 5.97 Å². The van der Waals surface area contributed by atoms with Gasteiger partial charge in [-0.3, -0.25) is 4.79 Å². The van der Waals surface area contributed by atoms with Crippen LogP contribution in [0.4, 0.5) is 0 Å². The van der Waals surface area contributed by atoms with Crippen molar-refractivity contribution in [1.29, 1.82) is 0 Å². The minimum Gasteiger partial charge on any atom is -0.469 e. The van der Waals surface area contributed by atoms with Crippen LogP contribution < -0.4 is 0 Å². The van der Waals surface area contributed by atoms with E-state index in [4.69, 9.17) is 4.74 Å². The number of nitrogens with zero attached hydrogens (tertiary/aromatic N) is 1. The van der Waals surface area contributed by atoms with Gasteiger partial charge in [0.15, 0.2) is 0 Å². The van der Waals surface area contributed by atoms with Gasteiger partial charge in [0.2, 0.25) is 0 Å². The molecule has 0 unspecified atom stereocenters. The summed E-state index contributed by atoms with van der Waals surface area (Å²) in [5.74, 6) is 0.0129. The standard InChI is InChI=1S/C15H21NO2/c1-18-15(17)14-8-5-10-16(12-14)11-9-13-6-3-2-4-7-13/h2-4,6-7,14H,5,8-12H2,1H3/t14-/m0/s1. The Morgan fingerprint density at radius 3 is 2.89 bits per heavy atom. The van der Waals surface area contributed by atoms with Gasteiger partial charge in [-0.05, 0) is 31.4 Å². The van der Waals surface area contributed by atoms with Gasteiger partial charge < -0.3 is 9.64 Å². The fourth-order valence-electron chi connectivity index (χ4n) is 2.55. The predicted octanol–water partition coefficient (Wildman–Crippen LogP) is 2.11. The van der Waals surface area contributed by atoms with Crippen LogP contribution in [0.2, 0.25) is 0 Å². The van der Waals surface area contributed by atoms with Gasteiger partial charge in [-0.25, -0.2) is 0 Å². The monoisotopic (exact) mass is 247 g/mol. The molecule has 1 aliphatic heterocycles. The van der Waals surface area contributed by atoms with E-state index in [9.17, 15) is 4.79 Å². The minimum atomic E-state index is -0.0561. The van der Waals surface area contributed by atoms with Crippen molar-refractivity contribution in [2.45, 2.75) is 19.3 Å². The van der Waals surface area contributed by atoms with Crippen LogP contribution in [0.5, 0.6) is 0 Å². The first-order chi connectivity index (χ1) is 8.79. The molecule has 0 aliphatic carbocycles. The lowest BCUT2D eigenvalue weighted by molar-refractivity contribution is -0.147. The second kappa shape index (κ2) is 6.55. The van der Waals surface area contributed by atoms with Gasteiger partial charge >= 0.3 is 5.97 Å². The van der Waals surface area contributed by atoms with Crippen LogP contribution >= 0.6 is 0 Å². The molecule has 2 rings (SSSR count). The van der Waals surface area contributed by atoms with Crippen molar-refractivity contribution in [1.82, 2.24) is 4.90 Å². The summed E-state index contributed by atoms with van der Waals surface area (Å²) >= 11 is 0. The molecule has 0 amide bonds. The van der Waals surface area contributed by atoms with Crippen LogP contribution in [0.3, 0.4) is 0 Å². The van der Waals surface area contributed by atoms with Gasteiger partial charge in [0.05, 0.1) is 13.0 Å². The molecule has 3 nitrogen and oxygen atoms in total. The lowest BCUT2D eigenvalue weighted by Crippen LogP contribution is -2.40. The number of likely N-dealkylation sites (tertiary alicyclic amines) is 1. The topological polar surface area (TPSA) is 29.5 Å². The largest absolute Gasteiger partial charge is 0.469 e. The Balaban J connectivity index is 1.81. The third-order valence-corrected chi connectivity index (χ3v) is 3.60. The first kappa shape index (κ1) is 13.1. The number of rotatable bonds is 4. The van der Waals surface area contributed by atoms with Crippen LogP contribution in [0, 0.1) is 5.92 Å². The van der Waals surface area contributed by atoms with E-state index in [0.29, 0.717) is 0 Å². The molecule has 1 aromatic carbocycles. The van der Waals surface area contributed by atoms with E-state index in [0.717, 1.165) is 38.9 Å². The Hall–Kier alpha value is -1.35. The summed E-state index contributed by atoms with van der Waals surface area (Å²) in [5.41, 5.74) is 1.36. The highest BCUT2D eigenvalue weighted by Gasteiger charge is 2.25. The highest BCUT2D eigenvalue weighted by Crippen LogP contribution is 2.18. The highest BCUT2D eigenvalue weighted by molar-refractivity contribution is 5.72. The highest BCUT2D eigenvalue weighted by atomic mass is 16.5. The Morgan fingerprint density at radius 2 is 2.17 bits per heavy atom. The van der Waals surface area contributed by atoms with Gasteiger partial charge in [0, 0.05) is 13.1 Å². The molecule has 0 N–H and O–H groups in total. The molecule has 18 heavy (non-hydrogen) atoms. The van der Waals surface area contributed by atoms with Gasteiger partial charge in [-0.15, -0.1) is 0 Å². The number of hydrogen-bond acceptors (Lipinski definition) is 3. The quantitative estimate of drug-likeness (QED) is 0.763. The van der Waals surface area contributed by atoms with Gasteiger partial charge in [-0.2, -0.15) is 0 Å². The number of methoxy groups -OCH3 is 1. The van der Waals surface area contributed by atoms with E-state index in [1.807, 2.05) is 6.07 Å². The average Bonchev–Trinajstić information content (AvgIpc) is 2.45. The average molecular weight is 247 g/mol. The van der Waals surface area contributed by atoms with Crippen molar-refractivity contribution in [3.05, 3.63) is 35.9 Å². The predicted molar refractivity (Wildman–Crippen MR) is 71.3 cm³/mol. The normalized spacial score (nSPS) is 20.6. The van der Waals surface area contributed by atoms with Crippen molar-refractivity contribution in [3.63, 3.8) is 0 Å². The van der Waals surface area contributed by atoms with E-state index in [1.54, 1.807) is 0 Å². The fourth-order valence-corrected chi connectivity index (χ4v) is 2.55. The first-order valence-electron chi connectivity index (χ1n) is 6.63. The summed E-state index contributed by atoms with van der Waals surface area (Å²) in [6.07, 6.45) is 3.11. The van der Waals surface area contributed by atoms with E-state index in [2.05, 4.69) is 29.2 Å². The summed E-state index contributed by atoms with van der Waals surface area (Å²) < 4.78 is 4.84. The summed E-state index contributed by atoms with van der Waals surface area (Å²) in [6, 6.07) is 10.5. The molecule has 1 saturated heterocycles. The van der Waals surface area contributed by atoms with Crippen molar-refractivity contribution < 1.29 is 9.53 Å². The molecule has 98 valence electrons. The number of carbonyl (C=O) groups is 1. The Labute approximate surface area is 109 Å². The lowest BCUT2D eigenvalue weighted by atomic mass is 9.98. The summed E-state index contributed by atoms with van der Waals surface area (Å²) in [5, 5.41) is 0. The van der Waals surface area contributed by atoms with Crippen molar-refractivity contribution in [2.75, 3.05) is 26.7 Å². The lowest BCUT2D eigenvalue weighted by Gasteiger charge is -2.31. The van der Waals surface area contributed by atoms with E-state index in [1.165, 1.54) is 12.7 Å².